The number of hydrogen-bond acceptors (Lipinski definition) is 8. The van der Waals surface area contributed by atoms with Gasteiger partial charge in [-0.2, -0.15) is 0 Å². The van der Waals surface area contributed by atoms with E-state index in [0.29, 0.717) is 0 Å². The molecule has 0 spiro atoms. The van der Waals surface area contributed by atoms with Crippen LogP contribution in [-0.4, -0.2) is 36.5 Å². The van der Waals surface area contributed by atoms with Crippen LogP contribution in [0.4, 0.5) is 0 Å². The van der Waals surface area contributed by atoms with Crippen LogP contribution in [0.1, 0.15) is 27.7 Å². The van der Waals surface area contributed by atoms with E-state index in [0.717, 1.165) is 12.2 Å². The molecule has 0 aliphatic rings. The smallest absolute Gasteiger partial charge is 0.336 e. The number of esters is 4. The van der Waals surface area contributed by atoms with E-state index in [1.807, 2.05) is 0 Å². The van der Waals surface area contributed by atoms with Gasteiger partial charge in [-0.15, -0.1) is 0 Å². The molecular formula is C16H20O8. The molecule has 0 saturated carbocycles. The molecule has 8 nitrogen and oxygen atoms in total. The summed E-state index contributed by atoms with van der Waals surface area (Å²) in [6.07, 6.45) is -0.753. The third kappa shape index (κ3) is 9.19. The molecule has 2 atom stereocenters. The predicted molar refractivity (Wildman–Crippen MR) is 82.1 cm³/mol. The zero-order valence-corrected chi connectivity index (χ0v) is 14.0. The molecule has 0 fully saturated rings. The largest absolute Gasteiger partial charge is 0.422 e. The minimum atomic E-state index is -1.15. The molecule has 0 N–H and O–H groups in total. The number of ether oxygens (including phenoxy) is 4. The predicted octanol–water partition coefficient (Wildman–Crippen LogP) is 1.56. The lowest BCUT2D eigenvalue weighted by molar-refractivity contribution is -0.181. The van der Waals surface area contributed by atoms with E-state index >= 15 is 0 Å². The number of carbonyl (C=O) groups excluding carboxylic acids is 4. The number of carbonyl (C=O) groups is 4. The van der Waals surface area contributed by atoms with Crippen molar-refractivity contribution in [2.45, 2.75) is 40.3 Å². The first-order chi connectivity index (χ1) is 11.0. The van der Waals surface area contributed by atoms with E-state index in [4.69, 9.17) is 18.9 Å². The summed E-state index contributed by atoms with van der Waals surface area (Å²) in [6.45, 7) is 12.3. The summed E-state index contributed by atoms with van der Waals surface area (Å²) in [5.74, 6) is -3.29. The van der Waals surface area contributed by atoms with Gasteiger partial charge >= 0.3 is 23.9 Å². The van der Waals surface area contributed by atoms with Crippen LogP contribution in [0.25, 0.3) is 0 Å². The third-order valence-electron chi connectivity index (χ3n) is 2.16. The van der Waals surface area contributed by atoms with Crippen molar-refractivity contribution in [2.24, 2.45) is 0 Å². The van der Waals surface area contributed by atoms with Crippen LogP contribution in [0, 0.1) is 0 Å². The molecular weight excluding hydrogens is 320 g/mol. The van der Waals surface area contributed by atoms with Crippen molar-refractivity contribution in [1.29, 1.82) is 0 Å². The van der Waals surface area contributed by atoms with Gasteiger partial charge in [0.1, 0.15) is 0 Å². The second-order valence-corrected chi connectivity index (χ2v) is 4.71. The maximum absolute atomic E-state index is 11.4. The minimum Gasteiger partial charge on any atom is -0.422 e. The topological polar surface area (TPSA) is 105 Å². The Morgan fingerprint density at radius 1 is 0.708 bits per heavy atom. The van der Waals surface area contributed by atoms with Crippen molar-refractivity contribution >= 4 is 23.9 Å². The van der Waals surface area contributed by atoms with Crippen molar-refractivity contribution in [1.82, 2.24) is 0 Å². The van der Waals surface area contributed by atoms with Gasteiger partial charge in [0.2, 0.25) is 12.6 Å². The van der Waals surface area contributed by atoms with Crippen molar-refractivity contribution in [3.8, 4) is 0 Å². The van der Waals surface area contributed by atoms with Crippen molar-refractivity contribution < 1.29 is 38.1 Å². The van der Waals surface area contributed by atoms with Crippen molar-refractivity contribution in [3.05, 3.63) is 36.5 Å². The summed E-state index contributed by atoms with van der Waals surface area (Å²) < 4.78 is 18.9. The molecule has 0 aliphatic heterocycles. The fourth-order valence-electron chi connectivity index (χ4n) is 1.09. The molecule has 8 heteroatoms. The van der Waals surface area contributed by atoms with Gasteiger partial charge in [-0.3, -0.25) is 0 Å². The first kappa shape index (κ1) is 21.1. The molecule has 0 rings (SSSR count). The molecule has 0 heterocycles. The van der Waals surface area contributed by atoms with Crippen LogP contribution in [0.3, 0.4) is 0 Å². The Morgan fingerprint density at radius 3 is 1.25 bits per heavy atom. The lowest BCUT2D eigenvalue weighted by atomic mass is 10.4. The highest BCUT2D eigenvalue weighted by atomic mass is 16.7. The van der Waals surface area contributed by atoms with Crippen LogP contribution >= 0.6 is 0 Å². The minimum absolute atomic E-state index is 0.148. The third-order valence-corrected chi connectivity index (χ3v) is 2.16. The maximum Gasteiger partial charge on any atom is 0.336 e. The summed E-state index contributed by atoms with van der Waals surface area (Å²) in [7, 11) is 0. The highest BCUT2D eigenvalue weighted by Gasteiger charge is 2.15. The van der Waals surface area contributed by atoms with E-state index in [-0.39, 0.29) is 11.1 Å². The van der Waals surface area contributed by atoms with E-state index in [2.05, 4.69) is 13.2 Å². The van der Waals surface area contributed by atoms with Crippen molar-refractivity contribution in [3.63, 3.8) is 0 Å². The normalized spacial score (nSPS) is 12.7. The Hall–Kier alpha value is -2.90. The molecule has 24 heavy (non-hydrogen) atoms. The Labute approximate surface area is 139 Å². The Balaban J connectivity index is 4.32. The summed E-state index contributed by atoms with van der Waals surface area (Å²) in [4.78, 5) is 45.3. The van der Waals surface area contributed by atoms with Gasteiger partial charge in [-0.1, -0.05) is 13.2 Å². The Morgan fingerprint density at radius 2 is 1.00 bits per heavy atom. The standard InChI is InChI=1S/C16H20O8/c1-9(2)15(19)23-11(5)21-13(17)7-8-14(18)22-12(6)24-16(20)10(3)4/h7-8,11-12H,1,3H2,2,4-6H3. The van der Waals surface area contributed by atoms with Gasteiger partial charge < -0.3 is 18.9 Å². The molecule has 0 aromatic carbocycles. The SMILES string of the molecule is C=C(C)C(=O)OC(C)OC(=O)C=CC(=O)OC(C)OC(=O)C(=C)C. The van der Waals surface area contributed by atoms with Gasteiger partial charge in [-0.25, -0.2) is 19.2 Å². The number of rotatable bonds is 8. The highest BCUT2D eigenvalue weighted by Crippen LogP contribution is 2.02. The van der Waals surface area contributed by atoms with Gasteiger partial charge in [0, 0.05) is 37.1 Å². The lowest BCUT2D eigenvalue weighted by Crippen LogP contribution is -2.22. The van der Waals surface area contributed by atoms with E-state index in [1.54, 1.807) is 0 Å². The summed E-state index contributed by atoms with van der Waals surface area (Å²) >= 11 is 0. The quantitative estimate of drug-likeness (QED) is 0.372. The molecule has 132 valence electrons. The zero-order valence-electron chi connectivity index (χ0n) is 14.0. The lowest BCUT2D eigenvalue weighted by Gasteiger charge is -2.13. The van der Waals surface area contributed by atoms with Gasteiger partial charge in [0.05, 0.1) is 0 Å². The molecule has 0 aromatic rings. The van der Waals surface area contributed by atoms with Gasteiger partial charge in [0.25, 0.3) is 0 Å². The Bertz CT molecular complexity index is 523. The van der Waals surface area contributed by atoms with Crippen LogP contribution in [0.15, 0.2) is 36.5 Å². The highest BCUT2D eigenvalue weighted by molar-refractivity contribution is 5.92. The fraction of sp³-hybridized carbons (Fsp3) is 0.375. The van der Waals surface area contributed by atoms with Gasteiger partial charge in [-0.05, 0) is 13.8 Å². The van der Waals surface area contributed by atoms with Crippen LogP contribution in [0.5, 0.6) is 0 Å². The fourth-order valence-corrected chi connectivity index (χ4v) is 1.09. The van der Waals surface area contributed by atoms with E-state index in [9.17, 15) is 19.2 Å². The van der Waals surface area contributed by atoms with E-state index in [1.165, 1.54) is 27.7 Å². The summed E-state index contributed by atoms with van der Waals surface area (Å²) in [5.41, 5.74) is 0.297. The first-order valence-electron chi connectivity index (χ1n) is 6.85. The summed E-state index contributed by atoms with van der Waals surface area (Å²) in [6, 6.07) is 0. The maximum atomic E-state index is 11.4. The average molecular weight is 340 g/mol. The summed E-state index contributed by atoms with van der Waals surface area (Å²) in [5, 5.41) is 0. The molecule has 0 saturated heterocycles. The second-order valence-electron chi connectivity index (χ2n) is 4.71. The van der Waals surface area contributed by atoms with Crippen LogP contribution in [-0.2, 0) is 38.1 Å². The monoisotopic (exact) mass is 340 g/mol. The molecule has 0 amide bonds. The molecule has 0 radical (unpaired) electrons. The van der Waals surface area contributed by atoms with Crippen molar-refractivity contribution in [2.75, 3.05) is 0 Å². The molecule has 0 aromatic heterocycles. The molecule has 0 aliphatic carbocycles. The Kier molecular flexibility index (Phi) is 8.78. The molecule has 2 unspecified atom stereocenters. The van der Waals surface area contributed by atoms with Crippen LogP contribution in [0.2, 0.25) is 0 Å². The number of hydrogen-bond donors (Lipinski definition) is 0. The zero-order chi connectivity index (χ0) is 18.9. The first-order valence-corrected chi connectivity index (χ1v) is 6.85. The molecule has 0 bridgehead atoms. The van der Waals surface area contributed by atoms with Crippen LogP contribution < -0.4 is 0 Å². The van der Waals surface area contributed by atoms with E-state index < -0.39 is 36.5 Å². The average Bonchev–Trinajstić information content (AvgIpc) is 2.44. The second kappa shape index (κ2) is 9.98. The van der Waals surface area contributed by atoms with Gasteiger partial charge in [0.15, 0.2) is 0 Å².